The van der Waals surface area contributed by atoms with Gasteiger partial charge >= 0.3 is 0 Å². The smallest absolute Gasteiger partial charge is 0.295 e. The third kappa shape index (κ3) is 5.25. The van der Waals surface area contributed by atoms with Crippen LogP contribution in [-0.4, -0.2) is 77.4 Å². The number of nitrogens with one attached hydrogen (secondary N) is 1. The Labute approximate surface area is 295 Å². The second-order valence-electron chi connectivity index (χ2n) is 14.0. The number of fused-ring (bicyclic) bond motifs is 4. The number of ether oxygens (including phenoxy) is 1. The highest BCUT2D eigenvalue weighted by Gasteiger charge is 2.37. The molecule has 0 aliphatic carbocycles. The van der Waals surface area contributed by atoms with Gasteiger partial charge in [0, 0.05) is 89.9 Å². The molecule has 0 unspecified atom stereocenters. The number of carbonyl (C=O) groups excluding carboxylic acids is 2. The third-order valence-corrected chi connectivity index (χ3v) is 13.4. The monoisotopic (exact) mass is 729 g/mol. The molecule has 0 fully saturated rings. The molecule has 3 aromatic carbocycles. The number of nitrogens with zero attached hydrogens (tertiary/aromatic N) is 3. The quantitative estimate of drug-likeness (QED) is 0.164. The summed E-state index contributed by atoms with van der Waals surface area (Å²) in [5.41, 5.74) is 6.88. The number of amides is 2. The maximum absolute atomic E-state index is 13.8. The topological polar surface area (TPSA) is 153 Å². The Hall–Kier alpha value is -4.37. The largest absolute Gasteiger partial charge is 0.455 e. The molecule has 2 N–H and O–H groups in total. The standard InChI is InChI=1S/C37H36N4O8S2/c42-31-11-12-32(43)41(31)18-13-38-50(44,45)24-9-10-30(51(46,47)48)27(21-24)33-28-19-22-5-1-14-39-16-3-7-25(34(22)39)36(28)49-37-26-8-4-17-40-15-2-6-23(35(26)40)20-29(33)37/h9-12,19-21,38H,1-8,13-18H2/p+1. The van der Waals surface area contributed by atoms with Crippen LogP contribution in [0.2, 0.25) is 0 Å². The minimum Gasteiger partial charge on any atom is -0.455 e. The molecule has 0 atom stereocenters. The van der Waals surface area contributed by atoms with E-state index in [-0.39, 0.29) is 23.5 Å². The number of hydrogen-bond donors (Lipinski definition) is 2. The van der Waals surface area contributed by atoms with E-state index in [2.05, 4.69) is 26.3 Å². The first-order valence-corrected chi connectivity index (χ1v) is 20.5. The Morgan fingerprint density at radius 1 is 0.804 bits per heavy atom. The lowest BCUT2D eigenvalue weighted by Gasteiger charge is -2.39. The number of rotatable bonds is 7. The molecule has 14 heteroatoms. The molecule has 0 bridgehead atoms. The highest BCUT2D eigenvalue weighted by Crippen LogP contribution is 2.49. The number of aryl methyl sites for hydroxylation is 2. The number of imide groups is 1. The van der Waals surface area contributed by atoms with Crippen molar-refractivity contribution in [2.75, 3.05) is 44.2 Å². The number of carbonyl (C=O) groups is 2. The van der Waals surface area contributed by atoms with E-state index in [0.29, 0.717) is 27.9 Å². The molecule has 0 radical (unpaired) electrons. The second kappa shape index (κ2) is 11.8. The lowest BCUT2D eigenvalue weighted by Crippen LogP contribution is -2.45. The van der Waals surface area contributed by atoms with E-state index in [1.165, 1.54) is 17.1 Å². The molecule has 12 nitrogen and oxygen atoms in total. The summed E-state index contributed by atoms with van der Waals surface area (Å²) in [7, 11) is -9.10. The Balaban J connectivity index is 1.29. The second-order valence-corrected chi connectivity index (χ2v) is 17.2. The van der Waals surface area contributed by atoms with Gasteiger partial charge in [0.05, 0.1) is 10.5 Å². The summed E-state index contributed by atoms with van der Waals surface area (Å²) in [5.74, 6) is 0.267. The molecule has 6 aliphatic rings. The molecule has 51 heavy (non-hydrogen) atoms. The van der Waals surface area contributed by atoms with E-state index in [1.54, 1.807) is 0 Å². The van der Waals surface area contributed by atoms with Gasteiger partial charge in [-0.2, -0.15) is 8.42 Å². The Morgan fingerprint density at radius 3 is 2.27 bits per heavy atom. The Morgan fingerprint density at radius 2 is 1.51 bits per heavy atom. The van der Waals surface area contributed by atoms with Crippen molar-refractivity contribution in [3.63, 3.8) is 0 Å². The third-order valence-electron chi connectivity index (χ3n) is 11.0. The summed E-state index contributed by atoms with van der Waals surface area (Å²) >= 11 is 0. The van der Waals surface area contributed by atoms with Crippen LogP contribution >= 0.6 is 0 Å². The first-order chi connectivity index (χ1) is 24.5. The molecule has 264 valence electrons. The molecule has 0 saturated heterocycles. The number of hydrogen-bond acceptors (Lipinski definition) is 8. The van der Waals surface area contributed by atoms with Crippen LogP contribution in [0.4, 0.5) is 5.69 Å². The average molecular weight is 730 g/mol. The normalized spacial score (nSPS) is 19.1. The fourth-order valence-corrected chi connectivity index (χ4v) is 10.7. The first kappa shape index (κ1) is 32.5. The van der Waals surface area contributed by atoms with Crippen LogP contribution < -0.4 is 29.5 Å². The number of benzene rings is 3. The van der Waals surface area contributed by atoms with Crippen molar-refractivity contribution in [3.8, 4) is 11.5 Å². The van der Waals surface area contributed by atoms with Crippen LogP contribution in [-0.2, 0) is 55.4 Å². The summed E-state index contributed by atoms with van der Waals surface area (Å²) < 4.78 is 76.3. The van der Waals surface area contributed by atoms with Crippen molar-refractivity contribution in [2.45, 2.75) is 61.2 Å². The summed E-state index contributed by atoms with van der Waals surface area (Å²) in [4.78, 5) is 26.8. The van der Waals surface area contributed by atoms with Gasteiger partial charge in [-0.25, -0.2) is 17.7 Å². The van der Waals surface area contributed by atoms with E-state index < -0.39 is 36.9 Å². The zero-order valence-corrected chi connectivity index (χ0v) is 29.5. The molecule has 3 aromatic rings. The highest BCUT2D eigenvalue weighted by molar-refractivity contribution is 7.89. The first-order valence-electron chi connectivity index (χ1n) is 17.6. The van der Waals surface area contributed by atoms with Gasteiger partial charge in [-0.15, -0.1) is 0 Å². The number of sulfonamides is 1. The van der Waals surface area contributed by atoms with E-state index in [0.717, 1.165) is 129 Å². The molecule has 6 heterocycles. The Kier molecular flexibility index (Phi) is 7.55. The molecule has 9 rings (SSSR count). The van der Waals surface area contributed by atoms with Gasteiger partial charge < -0.3 is 9.64 Å². The van der Waals surface area contributed by atoms with E-state index in [1.807, 2.05) is 0 Å². The van der Waals surface area contributed by atoms with Gasteiger partial charge in [0.25, 0.3) is 21.9 Å². The fourth-order valence-electron chi connectivity index (χ4n) is 8.93. The molecule has 0 aromatic heterocycles. The van der Waals surface area contributed by atoms with Crippen LogP contribution in [0.25, 0.3) is 5.57 Å². The van der Waals surface area contributed by atoms with Crippen molar-refractivity contribution < 1.29 is 35.7 Å². The van der Waals surface area contributed by atoms with Crippen LogP contribution in [0.3, 0.4) is 0 Å². The molecule has 2 amide bonds. The lowest BCUT2D eigenvalue weighted by atomic mass is 9.82. The van der Waals surface area contributed by atoms with Crippen molar-refractivity contribution >= 4 is 43.2 Å². The van der Waals surface area contributed by atoms with Gasteiger partial charge in [0.15, 0.2) is 0 Å². The predicted octanol–water partition coefficient (Wildman–Crippen LogP) is 1.57. The summed E-state index contributed by atoms with van der Waals surface area (Å²) in [6.07, 6.45) is 9.37. The van der Waals surface area contributed by atoms with Crippen LogP contribution in [0.15, 0.2) is 52.3 Å². The van der Waals surface area contributed by atoms with Crippen molar-refractivity contribution in [1.82, 2.24) is 14.2 Å². The summed E-state index contributed by atoms with van der Waals surface area (Å²) in [6.45, 7) is 3.40. The van der Waals surface area contributed by atoms with Gasteiger partial charge in [0.1, 0.15) is 29.5 Å². The molecule has 0 saturated carbocycles. The summed E-state index contributed by atoms with van der Waals surface area (Å²) in [6, 6.07) is 7.74. The van der Waals surface area contributed by atoms with Crippen LogP contribution in [0.5, 0.6) is 11.5 Å². The highest BCUT2D eigenvalue weighted by atomic mass is 32.2. The van der Waals surface area contributed by atoms with E-state index >= 15 is 0 Å². The van der Waals surface area contributed by atoms with Crippen molar-refractivity contribution in [1.29, 1.82) is 0 Å². The Bertz CT molecular complexity index is 2470. The van der Waals surface area contributed by atoms with E-state index in [4.69, 9.17) is 4.74 Å². The van der Waals surface area contributed by atoms with Gasteiger partial charge in [-0.3, -0.25) is 19.0 Å². The van der Waals surface area contributed by atoms with Crippen molar-refractivity contribution in [3.05, 3.63) is 86.4 Å². The van der Waals surface area contributed by atoms with Crippen molar-refractivity contribution in [2.24, 2.45) is 0 Å². The molecule has 0 spiro atoms. The predicted molar refractivity (Wildman–Crippen MR) is 188 cm³/mol. The number of anilines is 1. The maximum Gasteiger partial charge on any atom is 0.295 e. The van der Waals surface area contributed by atoms with Gasteiger partial charge in [-0.05, 0) is 74.4 Å². The molecule has 6 aliphatic heterocycles. The SMILES string of the molecule is O=C1C=CC(=O)N1CCNS(=O)(=O)c1ccc(S(=O)(=O)O)c(C2=c3cc4c5c(c3Oc3c2cc2c6c3CCCN6CCC2)CCC[N+]=5CCC4)c1. The zero-order valence-electron chi connectivity index (χ0n) is 27.9. The minimum atomic E-state index is -4.83. The van der Waals surface area contributed by atoms with Crippen LogP contribution in [0, 0.1) is 0 Å². The van der Waals surface area contributed by atoms with Crippen LogP contribution in [0.1, 0.15) is 59.1 Å². The maximum atomic E-state index is 13.8. The van der Waals surface area contributed by atoms with E-state index in [9.17, 15) is 31.0 Å². The average Bonchev–Trinajstić information content (AvgIpc) is 3.43. The van der Waals surface area contributed by atoms with Gasteiger partial charge in [-0.1, -0.05) is 0 Å². The summed E-state index contributed by atoms with van der Waals surface area (Å²) in [5, 5.41) is 1.87. The lowest BCUT2D eigenvalue weighted by molar-refractivity contribution is -0.136. The minimum absolute atomic E-state index is 0.0616. The fraction of sp³-hybridized carbons (Fsp3) is 0.378. The zero-order chi connectivity index (χ0) is 35.2. The molecular formula is C37H37N4O8S2+. The van der Waals surface area contributed by atoms with Gasteiger partial charge in [0.2, 0.25) is 15.4 Å². The molecular weight excluding hydrogens is 693 g/mol.